The summed E-state index contributed by atoms with van der Waals surface area (Å²) in [5.41, 5.74) is 0.437. The highest BCUT2D eigenvalue weighted by Crippen LogP contribution is 2.36. The van der Waals surface area contributed by atoms with E-state index >= 15 is 0 Å². The Hall–Kier alpha value is -2.12. The fraction of sp³-hybridized carbons (Fsp3) is 0.667. The van der Waals surface area contributed by atoms with Gasteiger partial charge in [0.25, 0.3) is 0 Å². The summed E-state index contributed by atoms with van der Waals surface area (Å²) in [5, 5.41) is 24.2. The Kier molecular flexibility index (Phi) is 3.91. The molecule has 20 heavy (non-hydrogen) atoms. The first kappa shape index (κ1) is 14.3. The zero-order chi connectivity index (χ0) is 14.9. The SMILES string of the molecule is CCCn1nc(C)c([N+](=O)[O-])c1N1CC(CC(=O)O)C1. The second kappa shape index (κ2) is 5.48. The molecule has 0 bridgehead atoms. The first-order valence-corrected chi connectivity index (χ1v) is 6.62. The zero-order valence-corrected chi connectivity index (χ0v) is 11.6. The summed E-state index contributed by atoms with van der Waals surface area (Å²) in [5.74, 6) is -0.268. The van der Waals surface area contributed by atoms with Crippen LogP contribution in [0.3, 0.4) is 0 Å². The maximum Gasteiger partial charge on any atom is 0.333 e. The average molecular weight is 282 g/mol. The standard InChI is InChI=1S/C12H18N4O4/c1-3-4-15-12(11(16(19)20)8(2)13-15)14-6-9(7-14)5-10(17)18/h9H,3-7H2,1-2H3,(H,17,18). The minimum atomic E-state index is -0.831. The topological polar surface area (TPSA) is 101 Å². The zero-order valence-electron chi connectivity index (χ0n) is 11.6. The van der Waals surface area contributed by atoms with E-state index in [9.17, 15) is 14.9 Å². The van der Waals surface area contributed by atoms with Crippen LogP contribution in [0.4, 0.5) is 11.5 Å². The van der Waals surface area contributed by atoms with Gasteiger partial charge in [0.15, 0.2) is 0 Å². The van der Waals surface area contributed by atoms with Gasteiger partial charge in [0.2, 0.25) is 5.82 Å². The number of aryl methyl sites for hydroxylation is 2. The van der Waals surface area contributed by atoms with Gasteiger partial charge in [-0.2, -0.15) is 5.10 Å². The van der Waals surface area contributed by atoms with Crippen LogP contribution in [0.15, 0.2) is 0 Å². The lowest BCUT2D eigenvalue weighted by Gasteiger charge is -2.39. The molecular formula is C12H18N4O4. The Bertz CT molecular complexity index is 534. The van der Waals surface area contributed by atoms with Gasteiger partial charge in [-0.05, 0) is 13.3 Å². The largest absolute Gasteiger partial charge is 0.481 e. The van der Waals surface area contributed by atoms with Crippen molar-refractivity contribution in [1.29, 1.82) is 0 Å². The Balaban J connectivity index is 2.22. The van der Waals surface area contributed by atoms with Crippen LogP contribution in [-0.2, 0) is 11.3 Å². The normalized spacial score (nSPS) is 15.2. The Labute approximate surface area is 116 Å². The highest BCUT2D eigenvalue weighted by Gasteiger charge is 2.37. The molecule has 1 fully saturated rings. The molecule has 1 aliphatic rings. The third-order valence-electron chi connectivity index (χ3n) is 3.41. The summed E-state index contributed by atoms with van der Waals surface area (Å²) in [6.45, 7) is 5.28. The Morgan fingerprint density at radius 3 is 2.70 bits per heavy atom. The van der Waals surface area contributed by atoms with Gasteiger partial charge >= 0.3 is 11.7 Å². The van der Waals surface area contributed by atoms with Crippen molar-refractivity contribution >= 4 is 17.5 Å². The molecule has 0 radical (unpaired) electrons. The molecule has 1 aliphatic heterocycles. The number of carboxylic acids is 1. The summed E-state index contributed by atoms with van der Waals surface area (Å²) in [7, 11) is 0. The van der Waals surface area contributed by atoms with Crippen molar-refractivity contribution in [2.45, 2.75) is 33.2 Å². The van der Waals surface area contributed by atoms with Crippen LogP contribution < -0.4 is 4.90 Å². The van der Waals surface area contributed by atoms with Crippen LogP contribution in [0.2, 0.25) is 0 Å². The van der Waals surface area contributed by atoms with E-state index < -0.39 is 10.9 Å². The molecule has 110 valence electrons. The van der Waals surface area contributed by atoms with Gasteiger partial charge in [-0.3, -0.25) is 14.9 Å². The number of hydrogen-bond donors (Lipinski definition) is 1. The molecule has 2 heterocycles. The van der Waals surface area contributed by atoms with E-state index in [-0.39, 0.29) is 18.0 Å². The number of nitrogens with zero attached hydrogens (tertiary/aromatic N) is 4. The number of rotatable bonds is 6. The van der Waals surface area contributed by atoms with E-state index in [1.807, 2.05) is 11.8 Å². The van der Waals surface area contributed by atoms with Gasteiger partial charge in [0.1, 0.15) is 5.69 Å². The van der Waals surface area contributed by atoms with E-state index in [0.717, 1.165) is 6.42 Å². The van der Waals surface area contributed by atoms with Gasteiger partial charge in [-0.15, -0.1) is 0 Å². The number of anilines is 1. The smallest absolute Gasteiger partial charge is 0.333 e. The first-order chi connectivity index (χ1) is 9.43. The van der Waals surface area contributed by atoms with E-state index in [1.54, 1.807) is 11.6 Å². The summed E-state index contributed by atoms with van der Waals surface area (Å²) in [6, 6.07) is 0. The minimum absolute atomic E-state index is 0.0345. The third kappa shape index (κ3) is 2.59. The molecule has 0 unspecified atom stereocenters. The number of aliphatic carboxylic acids is 1. The van der Waals surface area contributed by atoms with E-state index in [0.29, 0.717) is 31.1 Å². The average Bonchev–Trinajstić information content (AvgIpc) is 2.60. The predicted octanol–water partition coefficient (Wildman–Crippen LogP) is 1.42. The van der Waals surface area contributed by atoms with Crippen molar-refractivity contribution in [2.75, 3.05) is 18.0 Å². The quantitative estimate of drug-likeness (QED) is 0.625. The van der Waals surface area contributed by atoms with Gasteiger partial charge < -0.3 is 10.0 Å². The molecule has 0 spiro atoms. The maximum absolute atomic E-state index is 11.2. The number of carboxylic acid groups (broad SMARTS) is 1. The highest BCUT2D eigenvalue weighted by atomic mass is 16.6. The third-order valence-corrected chi connectivity index (χ3v) is 3.41. The van der Waals surface area contributed by atoms with Crippen LogP contribution >= 0.6 is 0 Å². The fourth-order valence-electron chi connectivity index (χ4n) is 2.57. The van der Waals surface area contributed by atoms with Crippen molar-refractivity contribution in [3.8, 4) is 0 Å². The lowest BCUT2D eigenvalue weighted by Crippen LogP contribution is -2.48. The lowest BCUT2D eigenvalue weighted by atomic mass is 9.96. The molecule has 1 aromatic rings. The summed E-state index contributed by atoms with van der Waals surface area (Å²) in [6.07, 6.45) is 0.933. The van der Waals surface area contributed by atoms with Gasteiger partial charge in [0, 0.05) is 25.6 Å². The molecule has 0 amide bonds. The molecule has 2 rings (SSSR count). The number of carbonyl (C=O) groups is 1. The molecule has 8 heteroatoms. The maximum atomic E-state index is 11.2. The summed E-state index contributed by atoms with van der Waals surface area (Å²) in [4.78, 5) is 23.3. The van der Waals surface area contributed by atoms with E-state index in [2.05, 4.69) is 5.10 Å². The van der Waals surface area contributed by atoms with Gasteiger partial charge in [-0.1, -0.05) is 6.92 Å². The first-order valence-electron chi connectivity index (χ1n) is 6.62. The van der Waals surface area contributed by atoms with Crippen molar-refractivity contribution in [2.24, 2.45) is 5.92 Å². The molecule has 0 aromatic carbocycles. The van der Waals surface area contributed by atoms with E-state index in [1.165, 1.54) is 0 Å². The Morgan fingerprint density at radius 2 is 2.20 bits per heavy atom. The van der Waals surface area contributed by atoms with Gasteiger partial charge in [-0.25, -0.2) is 4.68 Å². The molecule has 0 saturated carbocycles. The monoisotopic (exact) mass is 282 g/mol. The lowest BCUT2D eigenvalue weighted by molar-refractivity contribution is -0.384. The van der Waals surface area contributed by atoms with Crippen molar-refractivity contribution in [3.05, 3.63) is 15.8 Å². The highest BCUT2D eigenvalue weighted by molar-refractivity contribution is 5.68. The summed E-state index contributed by atoms with van der Waals surface area (Å²) >= 11 is 0. The second-order valence-corrected chi connectivity index (χ2v) is 5.11. The minimum Gasteiger partial charge on any atom is -0.481 e. The van der Waals surface area contributed by atoms with Crippen molar-refractivity contribution < 1.29 is 14.8 Å². The fourth-order valence-corrected chi connectivity index (χ4v) is 2.57. The predicted molar refractivity (Wildman–Crippen MR) is 71.9 cm³/mol. The molecule has 1 saturated heterocycles. The van der Waals surface area contributed by atoms with E-state index in [4.69, 9.17) is 5.11 Å². The van der Waals surface area contributed by atoms with Crippen LogP contribution in [0.1, 0.15) is 25.5 Å². The van der Waals surface area contributed by atoms with Crippen molar-refractivity contribution in [1.82, 2.24) is 9.78 Å². The van der Waals surface area contributed by atoms with Gasteiger partial charge in [0.05, 0.1) is 11.3 Å². The van der Waals surface area contributed by atoms with Crippen LogP contribution in [0.5, 0.6) is 0 Å². The van der Waals surface area contributed by atoms with Crippen LogP contribution in [0.25, 0.3) is 0 Å². The molecule has 1 aromatic heterocycles. The molecule has 1 N–H and O–H groups in total. The molecule has 8 nitrogen and oxygen atoms in total. The molecular weight excluding hydrogens is 264 g/mol. The summed E-state index contributed by atoms with van der Waals surface area (Å²) < 4.78 is 1.66. The number of aromatic nitrogens is 2. The van der Waals surface area contributed by atoms with Crippen LogP contribution in [-0.4, -0.2) is 38.9 Å². The van der Waals surface area contributed by atoms with Crippen molar-refractivity contribution in [3.63, 3.8) is 0 Å². The number of nitro groups is 1. The molecule has 0 atom stereocenters. The molecule has 0 aliphatic carbocycles. The Morgan fingerprint density at radius 1 is 1.55 bits per heavy atom. The van der Waals surface area contributed by atoms with Crippen LogP contribution in [0, 0.1) is 23.0 Å². The number of hydrogen-bond acceptors (Lipinski definition) is 5. The second-order valence-electron chi connectivity index (χ2n) is 5.11.